The second kappa shape index (κ2) is 9.06. The van der Waals surface area contributed by atoms with Gasteiger partial charge in [-0.3, -0.25) is 9.59 Å². The quantitative estimate of drug-likeness (QED) is 0.734. The number of benzene rings is 1. The Balaban J connectivity index is 1.67. The zero-order valence-corrected chi connectivity index (χ0v) is 16.4. The van der Waals surface area contributed by atoms with Gasteiger partial charge in [0.2, 0.25) is 11.8 Å². The van der Waals surface area contributed by atoms with Gasteiger partial charge in [0.15, 0.2) is 0 Å². The maximum atomic E-state index is 12.1. The van der Waals surface area contributed by atoms with Gasteiger partial charge < -0.3 is 15.4 Å². The van der Waals surface area contributed by atoms with Crippen molar-refractivity contribution in [3.05, 3.63) is 29.8 Å². The van der Waals surface area contributed by atoms with Gasteiger partial charge in [0.25, 0.3) is 0 Å². The third-order valence-corrected chi connectivity index (χ3v) is 4.87. The van der Waals surface area contributed by atoms with E-state index in [4.69, 9.17) is 4.74 Å². The summed E-state index contributed by atoms with van der Waals surface area (Å²) in [5.41, 5.74) is 1.37. The molecule has 1 atom stereocenters. The molecule has 1 fully saturated rings. The molecule has 0 aliphatic heterocycles. The van der Waals surface area contributed by atoms with Gasteiger partial charge in [-0.1, -0.05) is 45.7 Å². The van der Waals surface area contributed by atoms with Crippen molar-refractivity contribution in [1.29, 1.82) is 0 Å². The monoisotopic (exact) mass is 360 g/mol. The Hall–Kier alpha value is -2.04. The van der Waals surface area contributed by atoms with Crippen LogP contribution < -0.4 is 15.4 Å². The van der Waals surface area contributed by atoms with Crippen LogP contribution in [-0.2, 0) is 15.0 Å². The molecule has 26 heavy (non-hydrogen) atoms. The number of ether oxygens (including phenoxy) is 1. The SMILES string of the molecule is C[C@H](NC(=O)C1CCCC1)C(=O)NCCOc1ccc(C(C)(C)C)cc1. The average Bonchev–Trinajstić information content (AvgIpc) is 3.12. The first kappa shape index (κ1) is 20.3. The molecule has 2 amide bonds. The Morgan fingerprint density at radius 2 is 1.77 bits per heavy atom. The predicted octanol–water partition coefficient (Wildman–Crippen LogP) is 3.17. The predicted molar refractivity (Wildman–Crippen MR) is 103 cm³/mol. The summed E-state index contributed by atoms with van der Waals surface area (Å²) < 4.78 is 5.66. The molecule has 0 bridgehead atoms. The van der Waals surface area contributed by atoms with Crippen molar-refractivity contribution in [3.8, 4) is 5.75 Å². The van der Waals surface area contributed by atoms with E-state index in [-0.39, 0.29) is 23.1 Å². The largest absolute Gasteiger partial charge is 0.492 e. The maximum Gasteiger partial charge on any atom is 0.242 e. The molecule has 0 spiro atoms. The second-order valence-electron chi connectivity index (χ2n) is 8.13. The van der Waals surface area contributed by atoms with Crippen LogP contribution in [0.4, 0.5) is 0 Å². The molecule has 5 nitrogen and oxygen atoms in total. The van der Waals surface area contributed by atoms with E-state index in [2.05, 4.69) is 43.5 Å². The van der Waals surface area contributed by atoms with Crippen LogP contribution in [0.25, 0.3) is 0 Å². The normalized spacial score (nSPS) is 16.2. The number of carbonyl (C=O) groups excluding carboxylic acids is 2. The van der Waals surface area contributed by atoms with E-state index >= 15 is 0 Å². The molecule has 5 heteroatoms. The molecule has 1 aromatic carbocycles. The fraction of sp³-hybridized carbons (Fsp3) is 0.619. The van der Waals surface area contributed by atoms with E-state index in [1.165, 1.54) is 5.56 Å². The zero-order chi connectivity index (χ0) is 19.2. The van der Waals surface area contributed by atoms with Gasteiger partial charge in [-0.25, -0.2) is 0 Å². The molecule has 0 saturated heterocycles. The number of nitrogens with one attached hydrogen (secondary N) is 2. The molecule has 0 heterocycles. The molecule has 1 aliphatic rings. The lowest BCUT2D eigenvalue weighted by molar-refractivity contribution is -0.130. The van der Waals surface area contributed by atoms with Crippen LogP contribution in [-0.4, -0.2) is 31.0 Å². The summed E-state index contributed by atoms with van der Waals surface area (Å²) in [4.78, 5) is 24.1. The van der Waals surface area contributed by atoms with Gasteiger partial charge in [0.1, 0.15) is 18.4 Å². The Morgan fingerprint density at radius 3 is 2.35 bits per heavy atom. The number of carbonyl (C=O) groups is 2. The van der Waals surface area contributed by atoms with Gasteiger partial charge in [0, 0.05) is 5.92 Å². The van der Waals surface area contributed by atoms with E-state index in [9.17, 15) is 9.59 Å². The molecule has 2 rings (SSSR count). The van der Waals surface area contributed by atoms with Crippen LogP contribution in [0.3, 0.4) is 0 Å². The molecular weight excluding hydrogens is 328 g/mol. The van der Waals surface area contributed by atoms with Crippen LogP contribution in [0, 0.1) is 5.92 Å². The molecule has 0 aromatic heterocycles. The standard InChI is InChI=1S/C21H32N2O3/c1-15(23-20(25)16-7-5-6-8-16)19(24)22-13-14-26-18-11-9-17(10-12-18)21(2,3)4/h9-12,15-16H,5-8,13-14H2,1-4H3,(H,22,24)(H,23,25)/t15-/m0/s1. The number of hydrogen-bond donors (Lipinski definition) is 2. The van der Waals surface area contributed by atoms with E-state index < -0.39 is 6.04 Å². The first-order chi connectivity index (χ1) is 12.3. The van der Waals surface area contributed by atoms with Crippen molar-refractivity contribution in [2.45, 2.75) is 64.8 Å². The summed E-state index contributed by atoms with van der Waals surface area (Å²) in [7, 11) is 0. The fourth-order valence-corrected chi connectivity index (χ4v) is 3.13. The number of rotatable bonds is 7. The average molecular weight is 360 g/mol. The smallest absolute Gasteiger partial charge is 0.242 e. The van der Waals surface area contributed by atoms with Crippen molar-refractivity contribution in [2.75, 3.05) is 13.2 Å². The van der Waals surface area contributed by atoms with Gasteiger partial charge in [-0.2, -0.15) is 0 Å². The molecule has 144 valence electrons. The third-order valence-electron chi connectivity index (χ3n) is 4.87. The lowest BCUT2D eigenvalue weighted by Gasteiger charge is -2.19. The topological polar surface area (TPSA) is 67.4 Å². The van der Waals surface area contributed by atoms with Crippen molar-refractivity contribution in [1.82, 2.24) is 10.6 Å². The van der Waals surface area contributed by atoms with Gasteiger partial charge >= 0.3 is 0 Å². The minimum absolute atomic E-state index is 0.000313. The highest BCUT2D eigenvalue weighted by molar-refractivity contribution is 5.88. The second-order valence-corrected chi connectivity index (χ2v) is 8.13. The van der Waals surface area contributed by atoms with E-state index in [0.29, 0.717) is 13.2 Å². The van der Waals surface area contributed by atoms with E-state index in [1.807, 2.05) is 12.1 Å². The number of amides is 2. The lowest BCUT2D eigenvalue weighted by Crippen LogP contribution is -2.47. The van der Waals surface area contributed by atoms with Crippen molar-refractivity contribution in [2.24, 2.45) is 5.92 Å². The Kier molecular flexibility index (Phi) is 7.06. The third kappa shape index (κ3) is 6.04. The zero-order valence-electron chi connectivity index (χ0n) is 16.4. The molecular formula is C21H32N2O3. The van der Waals surface area contributed by atoms with Crippen molar-refractivity contribution in [3.63, 3.8) is 0 Å². The molecule has 1 aromatic rings. The van der Waals surface area contributed by atoms with Crippen molar-refractivity contribution >= 4 is 11.8 Å². The highest BCUT2D eigenvalue weighted by atomic mass is 16.5. The Morgan fingerprint density at radius 1 is 1.15 bits per heavy atom. The van der Waals surface area contributed by atoms with E-state index in [1.54, 1.807) is 6.92 Å². The lowest BCUT2D eigenvalue weighted by atomic mass is 9.87. The summed E-state index contributed by atoms with van der Waals surface area (Å²) in [5.74, 6) is 0.683. The first-order valence-electron chi connectivity index (χ1n) is 9.59. The first-order valence-corrected chi connectivity index (χ1v) is 9.59. The Labute approximate surface area is 156 Å². The minimum Gasteiger partial charge on any atom is -0.492 e. The van der Waals surface area contributed by atoms with Crippen LogP contribution in [0.5, 0.6) is 5.75 Å². The maximum absolute atomic E-state index is 12.1. The van der Waals surface area contributed by atoms with Crippen LogP contribution in [0.15, 0.2) is 24.3 Å². The molecule has 0 radical (unpaired) electrons. The van der Waals surface area contributed by atoms with Gasteiger partial charge in [-0.15, -0.1) is 0 Å². The van der Waals surface area contributed by atoms with Crippen LogP contribution >= 0.6 is 0 Å². The highest BCUT2D eigenvalue weighted by Gasteiger charge is 2.25. The Bertz CT molecular complexity index is 599. The minimum atomic E-state index is -0.519. The summed E-state index contributed by atoms with van der Waals surface area (Å²) in [6.07, 6.45) is 4.07. The highest BCUT2D eigenvalue weighted by Crippen LogP contribution is 2.25. The summed E-state index contributed by atoms with van der Waals surface area (Å²) in [5, 5.41) is 5.61. The number of hydrogen-bond acceptors (Lipinski definition) is 3. The van der Waals surface area contributed by atoms with Crippen molar-refractivity contribution < 1.29 is 14.3 Å². The molecule has 0 unspecified atom stereocenters. The molecule has 1 saturated carbocycles. The van der Waals surface area contributed by atoms with Crippen LogP contribution in [0.2, 0.25) is 0 Å². The van der Waals surface area contributed by atoms with Crippen LogP contribution in [0.1, 0.15) is 58.9 Å². The van der Waals surface area contributed by atoms with E-state index in [0.717, 1.165) is 31.4 Å². The van der Waals surface area contributed by atoms with Gasteiger partial charge in [0.05, 0.1) is 6.54 Å². The van der Waals surface area contributed by atoms with Gasteiger partial charge in [-0.05, 0) is 42.9 Å². The molecule has 1 aliphatic carbocycles. The fourth-order valence-electron chi connectivity index (χ4n) is 3.13. The molecule has 2 N–H and O–H groups in total. The summed E-state index contributed by atoms with van der Waals surface area (Å²) in [6, 6.07) is 7.51. The summed E-state index contributed by atoms with van der Waals surface area (Å²) in [6.45, 7) is 9.03. The summed E-state index contributed by atoms with van der Waals surface area (Å²) >= 11 is 0.